The fourth-order valence-electron chi connectivity index (χ4n) is 1.77. The van der Waals surface area contributed by atoms with Crippen molar-refractivity contribution in [2.24, 2.45) is 0 Å². The monoisotopic (exact) mass is 235 g/mol. The van der Waals surface area contributed by atoms with Crippen molar-refractivity contribution < 1.29 is 4.42 Å². The molecule has 3 aromatic rings. The van der Waals surface area contributed by atoms with Crippen molar-refractivity contribution in [3.05, 3.63) is 42.1 Å². The number of oxazole rings is 1. The second-order valence-corrected chi connectivity index (χ2v) is 3.97. The van der Waals surface area contributed by atoms with E-state index in [2.05, 4.69) is 9.97 Å². The quantitative estimate of drug-likeness (QED) is 0.545. The summed E-state index contributed by atoms with van der Waals surface area (Å²) in [7, 11) is 5.54. The van der Waals surface area contributed by atoms with Gasteiger partial charge in [0.15, 0.2) is 11.2 Å². The molecule has 0 aliphatic rings. The molecule has 2 aromatic heterocycles. The summed E-state index contributed by atoms with van der Waals surface area (Å²) < 4.78 is 5.64. The fourth-order valence-corrected chi connectivity index (χ4v) is 1.77. The zero-order valence-electron chi connectivity index (χ0n) is 9.63. The second-order valence-electron chi connectivity index (χ2n) is 3.97. The highest BCUT2D eigenvalue weighted by Gasteiger charge is 2.09. The van der Waals surface area contributed by atoms with Gasteiger partial charge in [-0.1, -0.05) is 6.07 Å². The first-order valence-electron chi connectivity index (χ1n) is 5.59. The predicted molar refractivity (Wildman–Crippen MR) is 71.1 cm³/mol. The largest absolute Gasteiger partial charge is 0.434 e. The number of nitrogens with two attached hydrogens (primary N) is 1. The summed E-state index contributed by atoms with van der Waals surface area (Å²) >= 11 is 0. The van der Waals surface area contributed by atoms with Gasteiger partial charge < -0.3 is 10.2 Å². The van der Waals surface area contributed by atoms with Crippen molar-refractivity contribution in [3.8, 4) is 11.5 Å². The molecule has 0 spiro atoms. The van der Waals surface area contributed by atoms with Crippen molar-refractivity contribution in [1.82, 2.24) is 9.97 Å². The number of hydrogen-bond donors (Lipinski definition) is 1. The van der Waals surface area contributed by atoms with E-state index in [9.17, 15) is 0 Å². The van der Waals surface area contributed by atoms with Crippen LogP contribution in [0.4, 0.5) is 5.69 Å². The summed E-state index contributed by atoms with van der Waals surface area (Å²) in [6, 6.07) is 11.0. The molecule has 1 aromatic carbocycles. The number of rotatable bonds is 2. The molecular formula is C13H10BN3O. The van der Waals surface area contributed by atoms with Crippen molar-refractivity contribution in [2.75, 3.05) is 5.73 Å². The van der Waals surface area contributed by atoms with Crippen LogP contribution in [0.3, 0.4) is 0 Å². The highest BCUT2D eigenvalue weighted by molar-refractivity contribution is 6.08. The third-order valence-electron chi connectivity index (χ3n) is 2.65. The van der Waals surface area contributed by atoms with E-state index < -0.39 is 0 Å². The molecule has 0 aliphatic carbocycles. The number of hydrogen-bond acceptors (Lipinski definition) is 4. The van der Waals surface area contributed by atoms with Crippen molar-refractivity contribution in [3.63, 3.8) is 0 Å². The Bertz CT molecular complexity index is 708. The highest BCUT2D eigenvalue weighted by atomic mass is 16.3. The number of nitrogens with zero attached hydrogens (tertiary/aromatic N) is 2. The average Bonchev–Trinajstić information content (AvgIpc) is 2.81. The fraction of sp³-hybridized carbons (Fsp3) is 0.0769. The Hall–Kier alpha value is -2.30. The van der Waals surface area contributed by atoms with Gasteiger partial charge in [-0.15, -0.1) is 0 Å². The molecule has 0 saturated carbocycles. The van der Waals surface area contributed by atoms with Crippen LogP contribution < -0.4 is 5.73 Å². The van der Waals surface area contributed by atoms with Crippen LogP contribution in [0.1, 0.15) is 5.69 Å². The van der Waals surface area contributed by atoms with Gasteiger partial charge in [-0.2, -0.15) is 4.98 Å². The average molecular weight is 235 g/mol. The Morgan fingerprint density at radius 1 is 1.17 bits per heavy atom. The smallest absolute Gasteiger partial charge is 0.228 e. The molecule has 0 fully saturated rings. The highest BCUT2D eigenvalue weighted by Crippen LogP contribution is 2.24. The Balaban J connectivity index is 2.13. The van der Waals surface area contributed by atoms with Crippen LogP contribution in [0, 0.1) is 0 Å². The maximum absolute atomic E-state index is 5.73. The van der Waals surface area contributed by atoms with Gasteiger partial charge in [0.2, 0.25) is 5.89 Å². The first-order valence-corrected chi connectivity index (χ1v) is 5.59. The van der Waals surface area contributed by atoms with Gasteiger partial charge in [-0.25, -0.2) is 4.98 Å². The van der Waals surface area contributed by atoms with Gasteiger partial charge in [0.25, 0.3) is 0 Å². The molecule has 18 heavy (non-hydrogen) atoms. The number of fused-ring (bicyclic) bond motifs is 1. The second kappa shape index (κ2) is 4.18. The third kappa shape index (κ3) is 1.84. The molecule has 0 saturated heterocycles. The lowest BCUT2D eigenvalue weighted by Crippen LogP contribution is -1.89. The lowest BCUT2D eigenvalue weighted by Gasteiger charge is -1.95. The Labute approximate surface area is 105 Å². The summed E-state index contributed by atoms with van der Waals surface area (Å²) in [4.78, 5) is 8.64. The molecule has 86 valence electrons. The van der Waals surface area contributed by atoms with Crippen LogP contribution in [0.15, 0.2) is 40.8 Å². The maximum atomic E-state index is 5.73. The molecule has 0 amide bonds. The molecule has 5 heteroatoms. The number of benzene rings is 1. The Morgan fingerprint density at radius 3 is 2.83 bits per heavy atom. The number of pyridine rings is 1. The van der Waals surface area contributed by atoms with E-state index in [4.69, 9.17) is 18.0 Å². The first-order chi connectivity index (χ1) is 8.76. The van der Waals surface area contributed by atoms with E-state index in [1.54, 1.807) is 0 Å². The lowest BCUT2D eigenvalue weighted by molar-refractivity contribution is 0.619. The molecule has 4 nitrogen and oxygen atoms in total. The summed E-state index contributed by atoms with van der Waals surface area (Å²) in [6.07, 6.45) is 0.385. The summed E-state index contributed by atoms with van der Waals surface area (Å²) in [6.45, 7) is 0. The maximum Gasteiger partial charge on any atom is 0.228 e. The normalized spacial score (nSPS) is 10.9. The van der Waals surface area contributed by atoms with Crippen molar-refractivity contribution >= 4 is 24.8 Å². The predicted octanol–water partition coefficient (Wildman–Crippen LogP) is 2.14. The van der Waals surface area contributed by atoms with Gasteiger partial charge in [-0.05, 0) is 36.7 Å². The molecule has 0 atom stereocenters. The summed E-state index contributed by atoms with van der Waals surface area (Å²) in [5.41, 5.74) is 9.24. The van der Waals surface area contributed by atoms with Crippen LogP contribution in [0.2, 0.25) is 0 Å². The third-order valence-corrected chi connectivity index (χ3v) is 2.65. The molecular weight excluding hydrogens is 225 g/mol. The number of aromatic nitrogens is 2. The van der Waals surface area contributed by atoms with E-state index in [-0.39, 0.29) is 0 Å². The Kier molecular flexibility index (Phi) is 2.52. The van der Waals surface area contributed by atoms with Gasteiger partial charge >= 0.3 is 0 Å². The topological polar surface area (TPSA) is 64.9 Å². The zero-order chi connectivity index (χ0) is 12.5. The van der Waals surface area contributed by atoms with Crippen LogP contribution in [-0.2, 0) is 6.32 Å². The minimum atomic E-state index is 0.385. The van der Waals surface area contributed by atoms with E-state index in [0.717, 1.165) is 11.3 Å². The minimum Gasteiger partial charge on any atom is -0.434 e. The lowest BCUT2D eigenvalue weighted by atomic mass is 10.0. The Morgan fingerprint density at radius 2 is 2.06 bits per heavy atom. The standard InChI is InChI=1S/C13H10BN3O/c14-7-10-4-5-11-12(16-10)17-13(18-11)8-2-1-3-9(15)6-8/h1-6H,7,15H2. The summed E-state index contributed by atoms with van der Waals surface area (Å²) in [5.74, 6) is 0.513. The minimum absolute atomic E-state index is 0.385. The molecule has 0 unspecified atom stereocenters. The van der Waals surface area contributed by atoms with Crippen molar-refractivity contribution in [1.29, 1.82) is 0 Å². The SMILES string of the molecule is [B]Cc1ccc2oc(-c3cccc(N)c3)nc2n1. The van der Waals surface area contributed by atoms with Gasteiger partial charge in [0.05, 0.1) is 7.85 Å². The van der Waals surface area contributed by atoms with E-state index in [1.807, 2.05) is 36.4 Å². The van der Waals surface area contributed by atoms with Crippen LogP contribution >= 0.6 is 0 Å². The van der Waals surface area contributed by atoms with Crippen LogP contribution in [0.25, 0.3) is 22.7 Å². The van der Waals surface area contributed by atoms with E-state index in [0.29, 0.717) is 29.1 Å². The molecule has 0 aliphatic heterocycles. The first kappa shape index (κ1) is 10.8. The van der Waals surface area contributed by atoms with E-state index in [1.165, 1.54) is 0 Å². The van der Waals surface area contributed by atoms with Crippen molar-refractivity contribution in [2.45, 2.75) is 6.32 Å². The molecule has 2 radical (unpaired) electrons. The molecule has 0 bridgehead atoms. The van der Waals surface area contributed by atoms with Crippen LogP contribution in [0.5, 0.6) is 0 Å². The van der Waals surface area contributed by atoms with Gasteiger partial charge in [0.1, 0.15) is 0 Å². The summed E-state index contributed by atoms with van der Waals surface area (Å²) in [5, 5.41) is 0. The molecule has 2 heterocycles. The zero-order valence-corrected chi connectivity index (χ0v) is 9.63. The molecule has 3 rings (SSSR count). The van der Waals surface area contributed by atoms with E-state index >= 15 is 0 Å². The van der Waals surface area contributed by atoms with Gasteiger partial charge in [-0.3, -0.25) is 0 Å². The number of nitrogen functional groups attached to an aromatic ring is 1. The van der Waals surface area contributed by atoms with Crippen LogP contribution in [-0.4, -0.2) is 17.8 Å². The van der Waals surface area contributed by atoms with Gasteiger partial charge in [0, 0.05) is 16.9 Å². The number of anilines is 1. The molecule has 2 N–H and O–H groups in total.